The standard InChI is InChI=1S/C12H16.C2H6/c1-4-7-10(2)12-9-6-5-8-11(12)3;1-2/h4-10H,1-3H3;1-2H3/b7-4+;. The fourth-order valence-corrected chi connectivity index (χ4v) is 1.49. The Morgan fingerprint density at radius 3 is 2.21 bits per heavy atom. The summed E-state index contributed by atoms with van der Waals surface area (Å²) < 4.78 is 0. The highest BCUT2D eigenvalue weighted by Gasteiger charge is 2.02. The molecule has 0 aliphatic carbocycles. The molecule has 0 fully saturated rings. The van der Waals surface area contributed by atoms with Crippen LogP contribution in [0.1, 0.15) is 44.7 Å². The van der Waals surface area contributed by atoms with Crippen molar-refractivity contribution >= 4 is 0 Å². The number of rotatable bonds is 2. The Kier molecular flexibility index (Phi) is 6.82. The summed E-state index contributed by atoms with van der Waals surface area (Å²) in [4.78, 5) is 0. The summed E-state index contributed by atoms with van der Waals surface area (Å²) in [6, 6.07) is 8.54. The second-order valence-electron chi connectivity index (χ2n) is 3.17. The van der Waals surface area contributed by atoms with Crippen molar-refractivity contribution in [3.63, 3.8) is 0 Å². The minimum Gasteiger partial charge on any atom is -0.0911 e. The van der Waals surface area contributed by atoms with Crippen molar-refractivity contribution in [1.82, 2.24) is 0 Å². The third-order valence-electron chi connectivity index (χ3n) is 2.16. The van der Waals surface area contributed by atoms with Crippen molar-refractivity contribution in [3.8, 4) is 0 Å². The van der Waals surface area contributed by atoms with Crippen LogP contribution in [0.15, 0.2) is 36.4 Å². The van der Waals surface area contributed by atoms with Crippen LogP contribution in [0.2, 0.25) is 0 Å². The van der Waals surface area contributed by atoms with Gasteiger partial charge in [-0.3, -0.25) is 0 Å². The third kappa shape index (κ3) is 3.78. The smallest absolute Gasteiger partial charge is 0.000793 e. The molecule has 0 heteroatoms. The van der Waals surface area contributed by atoms with Crippen LogP contribution in [0.4, 0.5) is 0 Å². The molecule has 0 aliphatic rings. The van der Waals surface area contributed by atoms with E-state index in [9.17, 15) is 0 Å². The van der Waals surface area contributed by atoms with E-state index in [-0.39, 0.29) is 0 Å². The van der Waals surface area contributed by atoms with Gasteiger partial charge < -0.3 is 0 Å². The van der Waals surface area contributed by atoms with Crippen LogP contribution >= 0.6 is 0 Å². The molecule has 0 saturated heterocycles. The lowest BCUT2D eigenvalue weighted by Crippen LogP contribution is -1.91. The number of hydrogen-bond acceptors (Lipinski definition) is 0. The van der Waals surface area contributed by atoms with Crippen LogP contribution in [-0.2, 0) is 0 Å². The fourth-order valence-electron chi connectivity index (χ4n) is 1.49. The van der Waals surface area contributed by atoms with Gasteiger partial charge in [0.15, 0.2) is 0 Å². The Hall–Kier alpha value is -1.04. The van der Waals surface area contributed by atoms with Gasteiger partial charge in [0.1, 0.15) is 0 Å². The normalized spacial score (nSPS) is 12.1. The SMILES string of the molecule is C/C=C/C(C)c1ccccc1C.CC. The maximum Gasteiger partial charge on any atom is -0.000793 e. The summed E-state index contributed by atoms with van der Waals surface area (Å²) in [6.07, 6.45) is 4.33. The Balaban J connectivity index is 0.000000791. The third-order valence-corrected chi connectivity index (χ3v) is 2.16. The van der Waals surface area contributed by atoms with E-state index >= 15 is 0 Å². The molecule has 0 N–H and O–H groups in total. The van der Waals surface area contributed by atoms with Crippen molar-refractivity contribution in [2.45, 2.75) is 40.5 Å². The average molecular weight is 190 g/mol. The highest BCUT2D eigenvalue weighted by Crippen LogP contribution is 2.19. The summed E-state index contributed by atoms with van der Waals surface area (Å²) in [5.74, 6) is 0.538. The average Bonchev–Trinajstić information content (AvgIpc) is 2.22. The molecule has 14 heavy (non-hydrogen) atoms. The largest absolute Gasteiger partial charge is 0.0911 e. The lowest BCUT2D eigenvalue weighted by atomic mass is 9.96. The van der Waals surface area contributed by atoms with Gasteiger partial charge in [-0.25, -0.2) is 0 Å². The van der Waals surface area contributed by atoms with E-state index in [1.165, 1.54) is 11.1 Å². The van der Waals surface area contributed by atoms with Crippen molar-refractivity contribution in [2.75, 3.05) is 0 Å². The van der Waals surface area contributed by atoms with E-state index in [1.54, 1.807) is 0 Å². The van der Waals surface area contributed by atoms with Gasteiger partial charge >= 0.3 is 0 Å². The van der Waals surface area contributed by atoms with E-state index in [1.807, 2.05) is 13.8 Å². The first-order chi connectivity index (χ1) is 6.75. The summed E-state index contributed by atoms with van der Waals surface area (Å²) in [5.41, 5.74) is 2.80. The van der Waals surface area contributed by atoms with Gasteiger partial charge in [0.25, 0.3) is 0 Å². The zero-order valence-electron chi connectivity index (χ0n) is 10.0. The van der Waals surface area contributed by atoms with Gasteiger partial charge in [-0.05, 0) is 30.9 Å². The lowest BCUT2D eigenvalue weighted by molar-refractivity contribution is 0.950. The second-order valence-corrected chi connectivity index (χ2v) is 3.17. The quantitative estimate of drug-likeness (QED) is 0.593. The van der Waals surface area contributed by atoms with Crippen molar-refractivity contribution in [3.05, 3.63) is 47.5 Å². The first-order valence-electron chi connectivity index (χ1n) is 5.44. The molecule has 0 bridgehead atoms. The van der Waals surface area contributed by atoms with E-state index in [4.69, 9.17) is 0 Å². The fraction of sp³-hybridized carbons (Fsp3) is 0.429. The highest BCUT2D eigenvalue weighted by molar-refractivity contribution is 5.31. The number of hydrogen-bond donors (Lipinski definition) is 0. The molecule has 0 saturated carbocycles. The second kappa shape index (κ2) is 7.37. The predicted molar refractivity (Wildman–Crippen MR) is 65.8 cm³/mol. The van der Waals surface area contributed by atoms with Crippen molar-refractivity contribution in [1.29, 1.82) is 0 Å². The first-order valence-corrected chi connectivity index (χ1v) is 5.44. The Morgan fingerprint density at radius 2 is 1.71 bits per heavy atom. The summed E-state index contributed by atoms with van der Waals surface area (Å²) in [6.45, 7) is 10.5. The minimum atomic E-state index is 0.538. The maximum absolute atomic E-state index is 2.22. The molecule has 0 radical (unpaired) electrons. The van der Waals surface area contributed by atoms with Crippen LogP contribution in [0.3, 0.4) is 0 Å². The van der Waals surface area contributed by atoms with Crippen LogP contribution in [-0.4, -0.2) is 0 Å². The lowest BCUT2D eigenvalue weighted by Gasteiger charge is -2.09. The number of benzene rings is 1. The minimum absolute atomic E-state index is 0.538. The molecule has 0 aliphatic heterocycles. The summed E-state index contributed by atoms with van der Waals surface area (Å²) in [5, 5.41) is 0. The number of aryl methyl sites for hydroxylation is 1. The number of allylic oxidation sites excluding steroid dienone is 2. The zero-order valence-corrected chi connectivity index (χ0v) is 10.0. The van der Waals surface area contributed by atoms with E-state index in [0.717, 1.165) is 0 Å². The van der Waals surface area contributed by atoms with Gasteiger partial charge in [-0.1, -0.05) is 57.2 Å². The molecular weight excluding hydrogens is 168 g/mol. The van der Waals surface area contributed by atoms with E-state index in [0.29, 0.717) is 5.92 Å². The Bertz CT molecular complexity index is 271. The molecule has 1 unspecified atom stereocenters. The maximum atomic E-state index is 2.22. The van der Waals surface area contributed by atoms with E-state index in [2.05, 4.69) is 57.2 Å². The molecule has 1 rings (SSSR count). The van der Waals surface area contributed by atoms with Gasteiger partial charge in [0, 0.05) is 0 Å². The summed E-state index contributed by atoms with van der Waals surface area (Å²) in [7, 11) is 0. The zero-order chi connectivity index (χ0) is 11.0. The molecule has 0 aromatic heterocycles. The molecular formula is C14H22. The van der Waals surface area contributed by atoms with Crippen molar-refractivity contribution in [2.24, 2.45) is 0 Å². The topological polar surface area (TPSA) is 0 Å². The predicted octanol–water partition coefficient (Wildman–Crippen LogP) is 4.70. The molecule has 78 valence electrons. The van der Waals surface area contributed by atoms with Crippen LogP contribution in [0.25, 0.3) is 0 Å². The molecule has 0 spiro atoms. The Labute approximate surface area is 88.7 Å². The molecule has 1 atom stereocenters. The van der Waals surface area contributed by atoms with Gasteiger partial charge in [0.05, 0.1) is 0 Å². The van der Waals surface area contributed by atoms with Crippen LogP contribution < -0.4 is 0 Å². The van der Waals surface area contributed by atoms with Gasteiger partial charge in [0.2, 0.25) is 0 Å². The molecule has 0 heterocycles. The molecule has 0 amide bonds. The Morgan fingerprint density at radius 1 is 1.14 bits per heavy atom. The molecule has 1 aromatic rings. The van der Waals surface area contributed by atoms with Gasteiger partial charge in [-0.2, -0.15) is 0 Å². The molecule has 0 nitrogen and oxygen atoms in total. The highest BCUT2D eigenvalue weighted by atomic mass is 14.1. The summed E-state index contributed by atoms with van der Waals surface area (Å²) >= 11 is 0. The first kappa shape index (κ1) is 13.0. The molecule has 1 aromatic carbocycles. The van der Waals surface area contributed by atoms with Crippen LogP contribution in [0, 0.1) is 6.92 Å². The monoisotopic (exact) mass is 190 g/mol. The van der Waals surface area contributed by atoms with Gasteiger partial charge in [-0.15, -0.1) is 0 Å². The van der Waals surface area contributed by atoms with E-state index < -0.39 is 0 Å². The van der Waals surface area contributed by atoms with Crippen LogP contribution in [0.5, 0.6) is 0 Å². The van der Waals surface area contributed by atoms with Crippen molar-refractivity contribution < 1.29 is 0 Å².